The van der Waals surface area contributed by atoms with Crippen LogP contribution >= 0.6 is 0 Å². The number of hydrogen-bond acceptors (Lipinski definition) is 3. The van der Waals surface area contributed by atoms with Gasteiger partial charge in [-0.1, -0.05) is 50.2 Å². The van der Waals surface area contributed by atoms with Crippen molar-refractivity contribution in [3.05, 3.63) is 89.2 Å². The van der Waals surface area contributed by atoms with E-state index in [1.165, 1.54) is 11.1 Å². The molecule has 0 fully saturated rings. The van der Waals surface area contributed by atoms with Gasteiger partial charge >= 0.3 is 0 Å². The van der Waals surface area contributed by atoms with E-state index in [1.807, 2.05) is 38.2 Å². The Balaban J connectivity index is 2.03. The van der Waals surface area contributed by atoms with E-state index < -0.39 is 0 Å². The maximum absolute atomic E-state index is 4.91. The van der Waals surface area contributed by atoms with E-state index in [9.17, 15) is 0 Å². The Labute approximate surface area is 167 Å². The number of rotatable bonds is 6. The molecule has 0 saturated carbocycles. The third-order valence-electron chi connectivity index (χ3n) is 4.86. The second kappa shape index (κ2) is 9.23. The smallest absolute Gasteiger partial charge is 0.0932 e. The molecule has 28 heavy (non-hydrogen) atoms. The summed E-state index contributed by atoms with van der Waals surface area (Å²) in [4.78, 5) is 14.4. The van der Waals surface area contributed by atoms with E-state index >= 15 is 0 Å². The lowest BCUT2D eigenvalue weighted by molar-refractivity contribution is 1.13. The first-order valence-corrected chi connectivity index (χ1v) is 9.86. The SMILES string of the molecule is CCc1ccccc1N=C(C)c1cccnc1C(C)=Nc1ccccc1CC. The zero-order chi connectivity index (χ0) is 19.9. The predicted molar refractivity (Wildman–Crippen MR) is 120 cm³/mol. The van der Waals surface area contributed by atoms with Crippen LogP contribution in [-0.2, 0) is 12.8 Å². The van der Waals surface area contributed by atoms with Gasteiger partial charge in [0.05, 0.1) is 22.8 Å². The lowest BCUT2D eigenvalue weighted by Gasteiger charge is -2.10. The molecule has 3 nitrogen and oxygen atoms in total. The Morgan fingerprint density at radius 3 is 1.82 bits per heavy atom. The number of nitrogens with zero attached hydrogens (tertiary/aromatic N) is 3. The molecular formula is C25H27N3. The summed E-state index contributed by atoms with van der Waals surface area (Å²) in [5.74, 6) is 0. The predicted octanol–water partition coefficient (Wildman–Crippen LogP) is 6.49. The van der Waals surface area contributed by atoms with Gasteiger partial charge in [0.1, 0.15) is 0 Å². The molecule has 0 aliphatic heterocycles. The highest BCUT2D eigenvalue weighted by Gasteiger charge is 2.11. The van der Waals surface area contributed by atoms with Crippen LogP contribution in [0.4, 0.5) is 11.4 Å². The zero-order valence-corrected chi connectivity index (χ0v) is 17.1. The summed E-state index contributed by atoms with van der Waals surface area (Å²) in [6, 6.07) is 20.6. The van der Waals surface area contributed by atoms with Crippen molar-refractivity contribution in [2.75, 3.05) is 0 Å². The molecule has 0 N–H and O–H groups in total. The fourth-order valence-corrected chi connectivity index (χ4v) is 3.30. The van der Waals surface area contributed by atoms with Crippen LogP contribution in [0, 0.1) is 0 Å². The summed E-state index contributed by atoms with van der Waals surface area (Å²) in [6.45, 7) is 8.37. The highest BCUT2D eigenvalue weighted by molar-refractivity contribution is 6.11. The van der Waals surface area contributed by atoms with Crippen molar-refractivity contribution in [1.82, 2.24) is 4.98 Å². The first-order chi connectivity index (χ1) is 13.6. The fourth-order valence-electron chi connectivity index (χ4n) is 3.30. The van der Waals surface area contributed by atoms with Crippen molar-refractivity contribution in [3.63, 3.8) is 0 Å². The van der Waals surface area contributed by atoms with Crippen LogP contribution in [0.2, 0.25) is 0 Å². The van der Waals surface area contributed by atoms with Crippen molar-refractivity contribution in [2.24, 2.45) is 9.98 Å². The minimum atomic E-state index is 0.878. The molecule has 3 aromatic rings. The van der Waals surface area contributed by atoms with Crippen LogP contribution in [0.5, 0.6) is 0 Å². The highest BCUT2D eigenvalue weighted by atomic mass is 14.8. The molecule has 1 heterocycles. The first-order valence-electron chi connectivity index (χ1n) is 9.86. The number of pyridine rings is 1. The Bertz CT molecular complexity index is 933. The summed E-state index contributed by atoms with van der Waals surface area (Å²) >= 11 is 0. The Kier molecular flexibility index (Phi) is 6.49. The van der Waals surface area contributed by atoms with E-state index in [-0.39, 0.29) is 0 Å². The van der Waals surface area contributed by atoms with E-state index in [0.29, 0.717) is 0 Å². The molecule has 0 radical (unpaired) electrons. The highest BCUT2D eigenvalue weighted by Crippen LogP contribution is 2.23. The molecule has 0 amide bonds. The standard InChI is InChI=1S/C25H27N3/c1-5-20-12-7-9-15-23(20)27-18(3)22-14-11-17-26-25(22)19(4)28-24-16-10-8-13-21(24)6-2/h7-17H,5-6H2,1-4H3. The van der Waals surface area contributed by atoms with Crippen LogP contribution in [-0.4, -0.2) is 16.4 Å². The van der Waals surface area contributed by atoms with E-state index in [4.69, 9.17) is 9.98 Å². The van der Waals surface area contributed by atoms with Crippen molar-refractivity contribution in [2.45, 2.75) is 40.5 Å². The van der Waals surface area contributed by atoms with Gasteiger partial charge in [0, 0.05) is 17.5 Å². The maximum atomic E-state index is 4.91. The van der Waals surface area contributed by atoms with Gasteiger partial charge in [-0.2, -0.15) is 0 Å². The molecule has 3 heteroatoms. The van der Waals surface area contributed by atoms with Gasteiger partial charge in [-0.05, 0) is 62.1 Å². The average Bonchev–Trinajstić information content (AvgIpc) is 2.74. The third-order valence-corrected chi connectivity index (χ3v) is 4.86. The number of benzene rings is 2. The molecule has 3 rings (SSSR count). The number of hydrogen-bond donors (Lipinski definition) is 0. The number of aliphatic imine (C=N–C) groups is 2. The Morgan fingerprint density at radius 1 is 0.714 bits per heavy atom. The minimum absolute atomic E-state index is 0.878. The van der Waals surface area contributed by atoms with Gasteiger partial charge < -0.3 is 0 Å². The van der Waals surface area contributed by atoms with Crippen molar-refractivity contribution >= 4 is 22.8 Å². The van der Waals surface area contributed by atoms with Crippen LogP contribution in [0.1, 0.15) is 50.1 Å². The Hall–Kier alpha value is -3.07. The number of aryl methyl sites for hydroxylation is 2. The monoisotopic (exact) mass is 369 g/mol. The quantitative estimate of drug-likeness (QED) is 0.458. The molecule has 0 bridgehead atoms. The van der Waals surface area contributed by atoms with Crippen molar-refractivity contribution in [3.8, 4) is 0 Å². The van der Waals surface area contributed by atoms with E-state index in [2.05, 4.69) is 61.3 Å². The van der Waals surface area contributed by atoms with Gasteiger partial charge in [0.2, 0.25) is 0 Å². The number of para-hydroxylation sites is 2. The average molecular weight is 370 g/mol. The first kappa shape index (κ1) is 19.7. The van der Waals surface area contributed by atoms with Crippen LogP contribution in [0.3, 0.4) is 0 Å². The van der Waals surface area contributed by atoms with E-state index in [1.54, 1.807) is 0 Å². The van der Waals surface area contributed by atoms with Crippen molar-refractivity contribution < 1.29 is 0 Å². The van der Waals surface area contributed by atoms with Gasteiger partial charge in [-0.15, -0.1) is 0 Å². The van der Waals surface area contributed by atoms with Gasteiger partial charge in [-0.3, -0.25) is 15.0 Å². The topological polar surface area (TPSA) is 37.6 Å². The third kappa shape index (κ3) is 4.42. The Morgan fingerprint density at radius 2 is 1.25 bits per heavy atom. The molecule has 0 atom stereocenters. The molecule has 2 aromatic carbocycles. The fraction of sp³-hybridized carbons (Fsp3) is 0.240. The molecule has 0 aliphatic carbocycles. The lowest BCUT2D eigenvalue weighted by Crippen LogP contribution is -2.08. The summed E-state index contributed by atoms with van der Waals surface area (Å²) in [6.07, 6.45) is 3.73. The molecule has 1 aromatic heterocycles. The van der Waals surface area contributed by atoms with Gasteiger partial charge in [0.15, 0.2) is 0 Å². The second-order valence-corrected chi connectivity index (χ2v) is 6.76. The second-order valence-electron chi connectivity index (χ2n) is 6.76. The molecule has 0 saturated heterocycles. The lowest BCUT2D eigenvalue weighted by atomic mass is 10.1. The summed E-state index contributed by atoms with van der Waals surface area (Å²) < 4.78 is 0. The minimum Gasteiger partial charge on any atom is -0.254 e. The normalized spacial score (nSPS) is 12.3. The summed E-state index contributed by atoms with van der Waals surface area (Å²) in [7, 11) is 0. The zero-order valence-electron chi connectivity index (χ0n) is 17.1. The molecule has 0 spiro atoms. The summed E-state index contributed by atoms with van der Waals surface area (Å²) in [5, 5.41) is 0. The van der Waals surface area contributed by atoms with Crippen LogP contribution in [0.25, 0.3) is 0 Å². The largest absolute Gasteiger partial charge is 0.254 e. The van der Waals surface area contributed by atoms with E-state index in [0.717, 1.165) is 46.9 Å². The van der Waals surface area contributed by atoms with Crippen molar-refractivity contribution in [1.29, 1.82) is 0 Å². The number of aromatic nitrogens is 1. The molecular weight excluding hydrogens is 342 g/mol. The van der Waals surface area contributed by atoms with Crippen LogP contribution < -0.4 is 0 Å². The summed E-state index contributed by atoms with van der Waals surface area (Å²) in [5.41, 5.74) is 8.24. The van der Waals surface area contributed by atoms with Gasteiger partial charge in [0.25, 0.3) is 0 Å². The van der Waals surface area contributed by atoms with Crippen LogP contribution in [0.15, 0.2) is 76.8 Å². The van der Waals surface area contributed by atoms with Gasteiger partial charge in [-0.25, -0.2) is 0 Å². The molecule has 0 aliphatic rings. The molecule has 142 valence electrons. The maximum Gasteiger partial charge on any atom is 0.0932 e. The molecule has 0 unspecified atom stereocenters.